The fourth-order valence-corrected chi connectivity index (χ4v) is 3.13. The van der Waals surface area contributed by atoms with Crippen LogP contribution in [0.25, 0.3) is 22.7 Å². The van der Waals surface area contributed by atoms with E-state index in [9.17, 15) is 4.79 Å². The van der Waals surface area contributed by atoms with E-state index in [1.165, 1.54) is 0 Å². The molecule has 0 saturated heterocycles. The second kappa shape index (κ2) is 6.60. The predicted molar refractivity (Wildman–Crippen MR) is 105 cm³/mol. The van der Waals surface area contributed by atoms with Crippen molar-refractivity contribution in [2.45, 2.75) is 6.92 Å². The van der Waals surface area contributed by atoms with Gasteiger partial charge in [-0.15, -0.1) is 0 Å². The lowest BCUT2D eigenvalue weighted by Crippen LogP contribution is -1.97. The van der Waals surface area contributed by atoms with Gasteiger partial charge in [-0.3, -0.25) is 0 Å². The minimum Gasteiger partial charge on any atom is -0.422 e. The second-order valence-electron chi connectivity index (χ2n) is 6.07. The summed E-state index contributed by atoms with van der Waals surface area (Å²) in [6, 6.07) is 15.0. The molecule has 2 aromatic carbocycles. The van der Waals surface area contributed by atoms with Gasteiger partial charge in [-0.05, 0) is 61.5 Å². The average molecular weight is 382 g/mol. The molecule has 0 spiro atoms. The number of ether oxygens (including phenoxy) is 1. The molecule has 0 amide bonds. The van der Waals surface area contributed by atoms with Gasteiger partial charge in [-0.2, -0.15) is 0 Å². The van der Waals surface area contributed by atoms with Gasteiger partial charge in [0.2, 0.25) is 0 Å². The van der Waals surface area contributed by atoms with Crippen molar-refractivity contribution in [3.05, 3.63) is 87.0 Å². The summed E-state index contributed by atoms with van der Waals surface area (Å²) in [5, 5.41) is 1.93. The number of halogens is 2. The Balaban J connectivity index is 1.75. The molecule has 26 heavy (non-hydrogen) atoms. The Hall–Kier alpha value is -2.62. The van der Waals surface area contributed by atoms with Gasteiger partial charge in [-0.25, -0.2) is 9.78 Å². The number of rotatable bonds is 2. The van der Waals surface area contributed by atoms with Gasteiger partial charge >= 0.3 is 5.97 Å². The highest BCUT2D eigenvalue weighted by molar-refractivity contribution is 6.31. The minimum absolute atomic E-state index is 0.343. The number of aromatic nitrogens is 1. The summed E-state index contributed by atoms with van der Waals surface area (Å²) >= 11 is 12.2. The van der Waals surface area contributed by atoms with Crippen LogP contribution in [0.15, 0.2) is 60.2 Å². The van der Waals surface area contributed by atoms with Crippen molar-refractivity contribution in [2.24, 2.45) is 0 Å². The summed E-state index contributed by atoms with van der Waals surface area (Å²) in [4.78, 5) is 16.6. The normalized spacial score (nSPS) is 15.4. The number of cyclic esters (lactones) is 1. The molecule has 1 aromatic heterocycles. The number of nitrogens with zero attached hydrogens (tertiary/aromatic N) is 1. The molecule has 0 fully saturated rings. The van der Waals surface area contributed by atoms with Crippen LogP contribution < -0.4 is 0 Å². The summed E-state index contributed by atoms with van der Waals surface area (Å²) in [7, 11) is 0. The van der Waals surface area contributed by atoms with Gasteiger partial charge < -0.3 is 4.74 Å². The smallest absolute Gasteiger partial charge is 0.343 e. The molecule has 4 rings (SSSR count). The van der Waals surface area contributed by atoms with Crippen LogP contribution in [0.5, 0.6) is 0 Å². The van der Waals surface area contributed by atoms with Crippen molar-refractivity contribution in [3.63, 3.8) is 0 Å². The van der Waals surface area contributed by atoms with Gasteiger partial charge in [0.1, 0.15) is 10.9 Å². The average Bonchev–Trinajstić information content (AvgIpc) is 2.97. The SMILES string of the molecule is Cc1ccc2nc(Cl)c(/C=C3/C=C(c4ccc(Cl)cc4)OC3=O)cc2c1. The first-order valence-electron chi connectivity index (χ1n) is 7.98. The molecule has 3 aromatic rings. The highest BCUT2D eigenvalue weighted by Gasteiger charge is 2.22. The minimum atomic E-state index is -0.421. The van der Waals surface area contributed by atoms with Gasteiger partial charge in [0.05, 0.1) is 11.1 Å². The molecule has 0 bridgehead atoms. The van der Waals surface area contributed by atoms with Crippen molar-refractivity contribution in [2.75, 3.05) is 0 Å². The summed E-state index contributed by atoms with van der Waals surface area (Å²) in [6.45, 7) is 2.02. The van der Waals surface area contributed by atoms with Crippen molar-refractivity contribution < 1.29 is 9.53 Å². The number of benzene rings is 2. The van der Waals surface area contributed by atoms with Crippen LogP contribution in [0.4, 0.5) is 0 Å². The number of esters is 1. The Morgan fingerprint density at radius 1 is 1.04 bits per heavy atom. The van der Waals surface area contributed by atoms with Crippen molar-refractivity contribution >= 4 is 51.9 Å². The lowest BCUT2D eigenvalue weighted by Gasteiger charge is -2.04. The molecule has 0 unspecified atom stereocenters. The van der Waals surface area contributed by atoms with E-state index >= 15 is 0 Å². The Kier molecular flexibility index (Phi) is 4.27. The van der Waals surface area contributed by atoms with Gasteiger partial charge in [0, 0.05) is 21.5 Å². The van der Waals surface area contributed by atoms with Crippen LogP contribution >= 0.6 is 23.2 Å². The first-order valence-corrected chi connectivity index (χ1v) is 8.73. The number of carbonyl (C=O) groups is 1. The van der Waals surface area contributed by atoms with E-state index in [0.717, 1.165) is 22.0 Å². The van der Waals surface area contributed by atoms with Crippen LogP contribution in [0.1, 0.15) is 16.7 Å². The Morgan fingerprint density at radius 3 is 2.58 bits per heavy atom. The van der Waals surface area contributed by atoms with Gasteiger partial charge in [0.25, 0.3) is 0 Å². The standard InChI is InChI=1S/C21H13Cl2NO2/c1-12-2-7-18-14(8-12)9-15(20(23)24-18)10-16-11-19(26-21(16)25)13-3-5-17(22)6-4-13/h2-11H,1H3/b16-10-. The summed E-state index contributed by atoms with van der Waals surface area (Å²) in [5.41, 5.74) is 3.82. The van der Waals surface area contributed by atoms with Gasteiger partial charge in [-0.1, -0.05) is 34.8 Å². The lowest BCUT2D eigenvalue weighted by molar-refractivity contribution is -0.130. The fourth-order valence-electron chi connectivity index (χ4n) is 2.80. The van der Waals surface area contributed by atoms with E-state index in [-0.39, 0.29) is 0 Å². The molecule has 1 aliphatic rings. The molecule has 0 saturated carbocycles. The number of aryl methyl sites for hydroxylation is 1. The largest absolute Gasteiger partial charge is 0.422 e. The quantitative estimate of drug-likeness (QED) is 0.318. The molecule has 0 N–H and O–H groups in total. The predicted octanol–water partition coefficient (Wildman–Crippen LogP) is 5.83. The fraction of sp³-hybridized carbons (Fsp3) is 0.0476. The van der Waals surface area contributed by atoms with Crippen LogP contribution in [0.2, 0.25) is 10.2 Å². The van der Waals surface area contributed by atoms with E-state index in [2.05, 4.69) is 4.98 Å². The maximum absolute atomic E-state index is 12.2. The summed E-state index contributed by atoms with van der Waals surface area (Å²) < 4.78 is 5.37. The summed E-state index contributed by atoms with van der Waals surface area (Å²) in [5.74, 6) is 0.0639. The van der Waals surface area contributed by atoms with Crippen molar-refractivity contribution in [3.8, 4) is 0 Å². The maximum atomic E-state index is 12.2. The highest BCUT2D eigenvalue weighted by Crippen LogP contribution is 2.30. The third-order valence-electron chi connectivity index (χ3n) is 4.12. The number of fused-ring (bicyclic) bond motifs is 1. The third kappa shape index (κ3) is 3.24. The molecular weight excluding hydrogens is 369 g/mol. The Morgan fingerprint density at radius 2 is 1.81 bits per heavy atom. The van der Waals surface area contributed by atoms with Crippen molar-refractivity contribution in [1.82, 2.24) is 4.98 Å². The monoisotopic (exact) mass is 381 g/mol. The maximum Gasteiger partial charge on any atom is 0.343 e. The molecule has 128 valence electrons. The zero-order valence-corrected chi connectivity index (χ0v) is 15.3. The highest BCUT2D eigenvalue weighted by atomic mass is 35.5. The van der Waals surface area contributed by atoms with E-state index < -0.39 is 5.97 Å². The molecule has 3 nitrogen and oxygen atoms in total. The zero-order chi connectivity index (χ0) is 18.3. The molecule has 2 heterocycles. The molecule has 1 aliphatic heterocycles. The molecule has 5 heteroatoms. The Bertz CT molecular complexity index is 1100. The Labute approximate surface area is 160 Å². The molecule has 0 radical (unpaired) electrons. The van der Waals surface area contributed by atoms with Gasteiger partial charge in [0.15, 0.2) is 0 Å². The first-order chi connectivity index (χ1) is 12.5. The lowest BCUT2D eigenvalue weighted by atomic mass is 10.1. The molecule has 0 aliphatic carbocycles. The van der Waals surface area contributed by atoms with E-state index in [1.54, 1.807) is 36.4 Å². The molecular formula is C21H13Cl2NO2. The number of hydrogen-bond donors (Lipinski definition) is 0. The van der Waals surface area contributed by atoms with E-state index in [4.69, 9.17) is 27.9 Å². The van der Waals surface area contributed by atoms with Crippen molar-refractivity contribution in [1.29, 1.82) is 0 Å². The topological polar surface area (TPSA) is 39.2 Å². The number of hydrogen-bond acceptors (Lipinski definition) is 3. The van der Waals surface area contributed by atoms with Crippen LogP contribution in [0.3, 0.4) is 0 Å². The van der Waals surface area contributed by atoms with Crippen LogP contribution in [-0.2, 0) is 9.53 Å². The summed E-state index contributed by atoms with van der Waals surface area (Å²) in [6.07, 6.45) is 3.39. The first kappa shape index (κ1) is 16.8. The van der Waals surface area contributed by atoms with E-state index in [0.29, 0.717) is 27.1 Å². The van der Waals surface area contributed by atoms with E-state index in [1.807, 2.05) is 31.2 Å². The number of carbonyl (C=O) groups excluding carboxylic acids is 1. The van der Waals surface area contributed by atoms with Crippen LogP contribution in [-0.4, -0.2) is 11.0 Å². The zero-order valence-electron chi connectivity index (χ0n) is 13.8. The second-order valence-corrected chi connectivity index (χ2v) is 6.86. The van der Waals surface area contributed by atoms with Crippen LogP contribution in [0, 0.1) is 6.92 Å². The number of pyridine rings is 1. The molecule has 0 atom stereocenters. The third-order valence-corrected chi connectivity index (χ3v) is 4.67.